The number of ether oxygens (including phenoxy) is 8. The number of Topliss-reactive ketones (excluding diaryl/α,β-unsaturated/α-hetero) is 4. The smallest absolute Gasteiger partial charge is 0.261 e. The SMILES string of the molecule is COc1ccc(C(C)(O)CCC(=O)c2ccc(OC3CCNC3=O)c(Cl)c2)cc1-c1ccc(F)c(Cl)c1.COc1ccc(C(C)(O)CCC(=O)c2ccc(OC3CCNC3=O)cc2)cc1-c1ccc(F)c(Cl)c1.COc1ccc(C(C)(O)CCC(=O)c2ccc(O[C@@H]3CCNC3=O)c(Cl)c2)cc1-c1ccc(F)c(Cl)c1.COc1ccc(C(C)(O)CCC(=O)c2ccc(O[C@H]3CCNC3=O)c(Cl)c2)cc1-c1ccc(F)c(Cl)c1. The van der Waals surface area contributed by atoms with E-state index in [0.29, 0.717) is 187 Å². The molecule has 0 saturated carbocycles. The van der Waals surface area contributed by atoms with Crippen molar-refractivity contribution in [1.82, 2.24) is 21.3 Å². The molecule has 4 heterocycles. The van der Waals surface area contributed by atoms with Gasteiger partial charge in [0.05, 0.1) is 86.0 Å². The molecule has 24 nitrogen and oxygen atoms in total. The van der Waals surface area contributed by atoms with E-state index in [2.05, 4.69) is 21.3 Å². The molecule has 770 valence electrons. The molecule has 4 amide bonds. The van der Waals surface area contributed by atoms with Crippen molar-refractivity contribution < 1.29 is 114 Å². The van der Waals surface area contributed by atoms with Gasteiger partial charge in [0, 0.05) is 122 Å². The van der Waals surface area contributed by atoms with E-state index in [9.17, 15) is 76.3 Å². The predicted molar refractivity (Wildman–Crippen MR) is 555 cm³/mol. The Balaban J connectivity index is 0.000000164. The number of ketones is 4. The largest absolute Gasteiger partial charge is 0.496 e. The standard InChI is InChI=1S/3C28H26Cl2FNO5.C28H27ClFNO5/c3*1-28(35,18-5-8-24(36-2)19(15-18)16-3-6-22(31)20(29)13-16)11-9-23(33)17-4-7-25(21(30)14-17)37-26-10-12-32-27(26)34;1-28(34,19-6-10-25(35-2)21(16-19)18-5-9-23(30)22(29)15-18)13-11-24(32)17-3-7-20(8-4-17)36-26-12-14-31-27(26)33/h3*3-8,13-15,26,35H,9-12H2,1-2H3,(H,32,34);3-10,15-16,26,34H,11-14H2,1-2H3,(H,31,33)/t2*26-,28?;;/m10../s1. The van der Waals surface area contributed by atoms with Crippen LogP contribution in [0.1, 0.15) is 168 Å². The van der Waals surface area contributed by atoms with Crippen LogP contribution >= 0.6 is 81.2 Å². The zero-order chi connectivity index (χ0) is 106. The summed E-state index contributed by atoms with van der Waals surface area (Å²) in [5, 5.41) is 56.3. The number of benzene rings is 12. The second kappa shape index (κ2) is 49.3. The molecule has 0 bridgehead atoms. The highest BCUT2D eigenvalue weighted by Crippen LogP contribution is 2.45. The molecule has 4 aliphatic rings. The summed E-state index contributed by atoms with van der Waals surface area (Å²) < 4.78 is 99.1. The molecule has 6 unspecified atom stereocenters. The van der Waals surface area contributed by atoms with E-state index in [-0.39, 0.29) is 133 Å². The second-order valence-corrected chi connectivity index (χ2v) is 39.0. The molecule has 8 N–H and O–H groups in total. The van der Waals surface area contributed by atoms with Gasteiger partial charge < -0.3 is 79.6 Å². The van der Waals surface area contributed by atoms with Crippen molar-refractivity contribution in [3.05, 3.63) is 327 Å². The van der Waals surface area contributed by atoms with Crippen molar-refractivity contribution in [3.63, 3.8) is 0 Å². The van der Waals surface area contributed by atoms with Crippen LogP contribution in [0.15, 0.2) is 224 Å². The Morgan fingerprint density at radius 3 is 0.714 bits per heavy atom. The number of carbonyl (C=O) groups is 8. The van der Waals surface area contributed by atoms with Gasteiger partial charge in [-0.05, 0) is 274 Å². The van der Waals surface area contributed by atoms with Crippen molar-refractivity contribution in [3.8, 4) is 90.5 Å². The lowest BCUT2D eigenvalue weighted by Crippen LogP contribution is -2.27. The van der Waals surface area contributed by atoms with Crippen LogP contribution < -0.4 is 59.2 Å². The van der Waals surface area contributed by atoms with Gasteiger partial charge in [0.2, 0.25) is 0 Å². The van der Waals surface area contributed by atoms with Gasteiger partial charge in [-0.2, -0.15) is 0 Å². The van der Waals surface area contributed by atoms with Gasteiger partial charge in [-0.25, -0.2) is 17.6 Å². The molecule has 0 radical (unpaired) electrons. The van der Waals surface area contributed by atoms with E-state index in [4.69, 9.17) is 119 Å². The molecule has 0 aromatic heterocycles. The zero-order valence-electron chi connectivity index (χ0n) is 81.0. The van der Waals surface area contributed by atoms with Crippen LogP contribution in [0.2, 0.25) is 35.2 Å². The van der Waals surface area contributed by atoms with Gasteiger partial charge in [0.1, 0.15) is 69.3 Å². The molecule has 8 atom stereocenters. The van der Waals surface area contributed by atoms with Crippen LogP contribution in [-0.4, -0.2) is 146 Å². The quantitative estimate of drug-likeness (QED) is 0.0134. The number of carbonyl (C=O) groups excluding carboxylic acids is 8. The maximum Gasteiger partial charge on any atom is 0.261 e. The number of amides is 4. The van der Waals surface area contributed by atoms with Crippen LogP contribution in [-0.2, 0) is 41.6 Å². The maximum absolute atomic E-state index is 13.7. The predicted octanol–water partition coefficient (Wildman–Crippen LogP) is 23.1. The molecular formula is C112H105Cl7F4N4O20. The highest BCUT2D eigenvalue weighted by molar-refractivity contribution is 6.34. The average Bonchev–Trinajstić information content (AvgIpc) is 1.67. The Hall–Kier alpha value is -12.8. The fourth-order valence-corrected chi connectivity index (χ4v) is 18.1. The molecule has 12 aromatic carbocycles. The van der Waals surface area contributed by atoms with E-state index >= 15 is 0 Å². The minimum Gasteiger partial charge on any atom is -0.496 e. The lowest BCUT2D eigenvalue weighted by atomic mass is 9.87. The van der Waals surface area contributed by atoms with Crippen molar-refractivity contribution in [2.24, 2.45) is 0 Å². The molecular weight excluding hydrogens is 2050 g/mol. The van der Waals surface area contributed by atoms with Gasteiger partial charge in [-0.15, -0.1) is 0 Å². The summed E-state index contributed by atoms with van der Waals surface area (Å²) in [6.45, 7) is 8.75. The fraction of sp³-hybridized carbons (Fsp3) is 0.286. The summed E-state index contributed by atoms with van der Waals surface area (Å²) in [5.74, 6) is 0.0954. The number of halogens is 11. The van der Waals surface area contributed by atoms with Gasteiger partial charge in [0.25, 0.3) is 23.6 Å². The third-order valence-corrected chi connectivity index (χ3v) is 27.6. The lowest BCUT2D eigenvalue weighted by molar-refractivity contribution is -0.125. The number of hydrogen-bond donors (Lipinski definition) is 8. The first kappa shape index (κ1) is 111. The maximum atomic E-state index is 13.7. The topological polar surface area (TPSA) is 339 Å². The number of aliphatic hydroxyl groups is 4. The average molecular weight is 2150 g/mol. The van der Waals surface area contributed by atoms with Crippen LogP contribution in [0.3, 0.4) is 0 Å². The summed E-state index contributed by atoms with van der Waals surface area (Å²) in [4.78, 5) is 98.4. The Labute approximate surface area is 881 Å². The molecule has 4 saturated heterocycles. The molecule has 0 spiro atoms. The number of rotatable bonds is 36. The summed E-state index contributed by atoms with van der Waals surface area (Å²) in [6, 6.07) is 58.8. The number of methoxy groups -OCH3 is 4. The van der Waals surface area contributed by atoms with Crippen molar-refractivity contribution in [1.29, 1.82) is 0 Å². The van der Waals surface area contributed by atoms with Crippen LogP contribution in [0, 0.1) is 23.3 Å². The molecule has 4 aliphatic heterocycles. The summed E-state index contributed by atoms with van der Waals surface area (Å²) >= 11 is 42.8. The first-order valence-corrected chi connectivity index (χ1v) is 49.4. The van der Waals surface area contributed by atoms with E-state index in [1.165, 1.54) is 95.2 Å². The van der Waals surface area contributed by atoms with E-state index in [1.54, 1.807) is 185 Å². The summed E-state index contributed by atoms with van der Waals surface area (Å²) in [6.07, 6.45) is 0.805. The highest BCUT2D eigenvalue weighted by atomic mass is 35.5. The van der Waals surface area contributed by atoms with Gasteiger partial charge in [-0.3, -0.25) is 38.4 Å². The van der Waals surface area contributed by atoms with Crippen LogP contribution in [0.5, 0.6) is 46.0 Å². The highest BCUT2D eigenvalue weighted by Gasteiger charge is 2.36. The first-order valence-electron chi connectivity index (χ1n) is 46.8. The molecule has 16 rings (SSSR count). The minimum absolute atomic E-state index is 0.0137. The summed E-state index contributed by atoms with van der Waals surface area (Å²) in [7, 11) is 6.08. The van der Waals surface area contributed by atoms with Crippen molar-refractivity contribution in [2.75, 3.05) is 54.6 Å². The molecule has 35 heteroatoms. The molecule has 147 heavy (non-hydrogen) atoms. The number of nitrogens with one attached hydrogen (secondary N) is 4. The normalized spacial score (nSPS) is 16.7. The fourth-order valence-electron chi connectivity index (χ4n) is 16.7. The zero-order valence-corrected chi connectivity index (χ0v) is 86.3. The van der Waals surface area contributed by atoms with Crippen molar-refractivity contribution in [2.45, 2.75) is 152 Å². The Kier molecular flexibility index (Phi) is 37.4. The first-order chi connectivity index (χ1) is 69.9. The molecule has 4 fully saturated rings. The van der Waals surface area contributed by atoms with Gasteiger partial charge in [-0.1, -0.05) is 130 Å². The third-order valence-electron chi connectivity index (χ3n) is 25.6. The van der Waals surface area contributed by atoms with E-state index in [0.717, 1.165) is 0 Å². The van der Waals surface area contributed by atoms with Crippen LogP contribution in [0.4, 0.5) is 17.6 Å². The molecule has 0 aliphatic carbocycles. The Morgan fingerprint density at radius 1 is 0.286 bits per heavy atom. The minimum atomic E-state index is -1.34. The lowest BCUT2D eigenvalue weighted by Gasteiger charge is -2.25. The monoisotopic (exact) mass is 2150 g/mol. The van der Waals surface area contributed by atoms with Crippen molar-refractivity contribution >= 4 is 128 Å². The Bertz CT molecular complexity index is 6450. The van der Waals surface area contributed by atoms with E-state index < -0.39 is 70.1 Å². The van der Waals surface area contributed by atoms with Crippen LogP contribution in [0.25, 0.3) is 44.5 Å². The second-order valence-electron chi connectivity index (χ2n) is 36.2. The van der Waals surface area contributed by atoms with Gasteiger partial charge in [0.15, 0.2) is 47.5 Å². The van der Waals surface area contributed by atoms with Gasteiger partial charge >= 0.3 is 0 Å². The third kappa shape index (κ3) is 28.4. The summed E-state index contributed by atoms with van der Waals surface area (Å²) in [5.41, 5.74) is 3.63. The Morgan fingerprint density at radius 2 is 0.503 bits per heavy atom. The number of hydrogen-bond acceptors (Lipinski definition) is 20. The molecule has 12 aromatic rings. The van der Waals surface area contributed by atoms with E-state index in [1.807, 2.05) is 0 Å².